The van der Waals surface area contributed by atoms with E-state index in [1.54, 1.807) is 0 Å². The highest BCUT2D eigenvalue weighted by molar-refractivity contribution is 7.51. The van der Waals surface area contributed by atoms with Crippen LogP contribution < -0.4 is 11.5 Å². The number of nitrogens with two attached hydrogens (primary N) is 2. The van der Waals surface area contributed by atoms with Gasteiger partial charge in [0.2, 0.25) is 0 Å². The Morgan fingerprint density at radius 2 is 1.00 bits per heavy atom. The van der Waals surface area contributed by atoms with Gasteiger partial charge in [-0.3, -0.25) is 0 Å². The summed E-state index contributed by atoms with van der Waals surface area (Å²) in [6, 6.07) is 0. The van der Waals surface area contributed by atoms with Crippen LogP contribution in [-0.2, 0) is 11.6 Å². The first-order valence-corrected chi connectivity index (χ1v) is 3.83. The Labute approximate surface area is 70.9 Å². The second kappa shape index (κ2) is 4.58. The van der Waals surface area contributed by atoms with Gasteiger partial charge in [-0.05, 0) is 27.7 Å². The normalized spacial score (nSPS) is 11.5. The van der Waals surface area contributed by atoms with E-state index < -0.39 is 11.6 Å². The summed E-state index contributed by atoms with van der Waals surface area (Å²) in [5, 5.41) is 0. The highest BCUT2D eigenvalue weighted by atomic mass is 32.1. The fourth-order valence-electron chi connectivity index (χ4n) is 0. The van der Waals surface area contributed by atoms with E-state index in [9.17, 15) is 0 Å². The summed E-state index contributed by atoms with van der Waals surface area (Å²) in [4.78, 5) is 0. The molecule has 0 aliphatic carbocycles. The van der Waals surface area contributed by atoms with Crippen LogP contribution >= 0.6 is 0 Å². The molecule has 0 unspecified atom stereocenters. The summed E-state index contributed by atoms with van der Waals surface area (Å²) in [5.74, 6) is 0. The van der Waals surface area contributed by atoms with Crippen molar-refractivity contribution >= 4 is 11.6 Å². The molecule has 4 N–H and O–H groups in total. The maximum atomic E-state index is 8.29. The molecule has 0 radical (unpaired) electrons. The third-order valence-corrected chi connectivity index (χ3v) is 1.66. The zero-order chi connectivity index (χ0) is 9.71. The van der Waals surface area contributed by atoms with Gasteiger partial charge in [0.25, 0.3) is 0 Å². The Balaban J connectivity index is 0. The zero-order valence-electron chi connectivity index (χ0n) is 7.38. The number of hydrogen-bond acceptors (Lipinski definition) is 4. The molecule has 0 fully saturated rings. The minimum absolute atomic E-state index is 0.285. The maximum Gasteiger partial charge on any atom is 0.335 e. The van der Waals surface area contributed by atoms with Crippen molar-refractivity contribution in [2.45, 2.75) is 38.8 Å². The molecule has 0 rings (SSSR count). The second-order valence-electron chi connectivity index (χ2n) is 3.51. The largest absolute Gasteiger partial charge is 0.335 e. The average molecular weight is 180 g/mol. The Hall–Kier alpha value is -0.260. The lowest BCUT2D eigenvalue weighted by atomic mass is 9.85. The van der Waals surface area contributed by atoms with Gasteiger partial charge < -0.3 is 11.5 Å². The summed E-state index contributed by atoms with van der Waals surface area (Å²) in [7, 11) is 0. The van der Waals surface area contributed by atoms with Gasteiger partial charge in [-0.25, -0.2) is 0 Å². The van der Waals surface area contributed by atoms with E-state index in [4.69, 9.17) is 19.9 Å². The monoisotopic (exact) mass is 180 g/mol. The molecule has 0 spiro atoms. The molecule has 0 heterocycles. The van der Waals surface area contributed by atoms with Crippen molar-refractivity contribution in [1.29, 1.82) is 0 Å². The van der Waals surface area contributed by atoms with Crippen molar-refractivity contribution in [1.82, 2.24) is 0 Å². The molecule has 0 amide bonds. The highest BCUT2D eigenvalue weighted by Crippen LogP contribution is 2.13. The smallest absolute Gasteiger partial charge is 0.324 e. The topological polar surface area (TPSA) is 86.2 Å². The lowest BCUT2D eigenvalue weighted by Gasteiger charge is -2.34. The van der Waals surface area contributed by atoms with E-state index >= 15 is 0 Å². The van der Waals surface area contributed by atoms with Crippen LogP contribution in [0.15, 0.2) is 0 Å². The molecule has 0 saturated heterocycles. The number of rotatable bonds is 1. The van der Waals surface area contributed by atoms with Crippen molar-refractivity contribution in [2.24, 2.45) is 11.5 Å². The number of hydrogen-bond donors (Lipinski definition) is 2. The second-order valence-corrected chi connectivity index (χ2v) is 3.65. The van der Waals surface area contributed by atoms with Gasteiger partial charge in [0, 0.05) is 11.1 Å². The van der Waals surface area contributed by atoms with E-state index in [0.29, 0.717) is 0 Å². The van der Waals surface area contributed by atoms with Gasteiger partial charge in [-0.15, -0.1) is 0 Å². The SMILES string of the molecule is CC(C)(N)C(C)(C)N.O=S=O. The molecule has 0 aromatic rings. The van der Waals surface area contributed by atoms with Gasteiger partial charge in [0.05, 0.1) is 0 Å². The molecule has 0 atom stereocenters. The van der Waals surface area contributed by atoms with Crippen LogP contribution in [0.2, 0.25) is 0 Å². The Kier molecular flexibility index (Phi) is 5.56. The molecular weight excluding hydrogens is 164 g/mol. The summed E-state index contributed by atoms with van der Waals surface area (Å²) < 4.78 is 16.6. The first-order chi connectivity index (χ1) is 4.66. The highest BCUT2D eigenvalue weighted by Gasteiger charge is 2.28. The van der Waals surface area contributed by atoms with Crippen LogP contribution in [0.1, 0.15) is 27.7 Å². The van der Waals surface area contributed by atoms with Gasteiger partial charge in [-0.1, -0.05) is 0 Å². The minimum Gasteiger partial charge on any atom is -0.324 e. The lowest BCUT2D eigenvalue weighted by Crippen LogP contribution is -2.58. The molecule has 0 aliphatic heterocycles. The molecule has 5 heteroatoms. The molecular formula is C6H16N2O2S. The molecule has 0 aromatic heterocycles. The molecule has 0 bridgehead atoms. The molecule has 0 aliphatic rings. The Bertz CT molecular complexity index is 128. The predicted octanol–water partition coefficient (Wildman–Crippen LogP) is -0.209. The van der Waals surface area contributed by atoms with Gasteiger partial charge in [0.15, 0.2) is 0 Å². The van der Waals surface area contributed by atoms with E-state index in [0.717, 1.165) is 0 Å². The van der Waals surface area contributed by atoms with Crippen molar-refractivity contribution in [3.8, 4) is 0 Å². The van der Waals surface area contributed by atoms with Crippen LogP contribution in [0, 0.1) is 0 Å². The molecule has 11 heavy (non-hydrogen) atoms. The summed E-state index contributed by atoms with van der Waals surface area (Å²) in [6.07, 6.45) is 0. The molecule has 68 valence electrons. The van der Waals surface area contributed by atoms with E-state index in [-0.39, 0.29) is 11.1 Å². The minimum atomic E-state index is -0.750. The van der Waals surface area contributed by atoms with Crippen molar-refractivity contribution in [3.05, 3.63) is 0 Å². The first-order valence-electron chi connectivity index (χ1n) is 3.16. The predicted molar refractivity (Wildman–Crippen MR) is 45.5 cm³/mol. The summed E-state index contributed by atoms with van der Waals surface area (Å²) in [5.41, 5.74) is 10.8. The summed E-state index contributed by atoms with van der Waals surface area (Å²) in [6.45, 7) is 7.69. The Morgan fingerprint density at radius 1 is 0.909 bits per heavy atom. The van der Waals surface area contributed by atoms with E-state index in [1.807, 2.05) is 27.7 Å². The van der Waals surface area contributed by atoms with E-state index in [1.165, 1.54) is 0 Å². The van der Waals surface area contributed by atoms with Crippen molar-refractivity contribution in [3.63, 3.8) is 0 Å². The zero-order valence-corrected chi connectivity index (χ0v) is 8.20. The first kappa shape index (κ1) is 13.3. The van der Waals surface area contributed by atoms with Crippen LogP contribution in [0.5, 0.6) is 0 Å². The van der Waals surface area contributed by atoms with Gasteiger partial charge in [-0.2, -0.15) is 8.42 Å². The van der Waals surface area contributed by atoms with Crippen LogP contribution in [0.3, 0.4) is 0 Å². The molecule has 0 aromatic carbocycles. The average Bonchev–Trinajstić information content (AvgIpc) is 1.60. The van der Waals surface area contributed by atoms with Crippen LogP contribution in [0.25, 0.3) is 0 Å². The summed E-state index contributed by atoms with van der Waals surface area (Å²) >= 11 is -0.750. The fourth-order valence-corrected chi connectivity index (χ4v) is 0. The van der Waals surface area contributed by atoms with Gasteiger partial charge >= 0.3 is 11.6 Å². The van der Waals surface area contributed by atoms with Gasteiger partial charge in [0.1, 0.15) is 0 Å². The molecule has 4 nitrogen and oxygen atoms in total. The quantitative estimate of drug-likeness (QED) is 0.584. The maximum absolute atomic E-state index is 8.29. The third-order valence-electron chi connectivity index (χ3n) is 1.66. The molecule has 0 saturated carbocycles. The van der Waals surface area contributed by atoms with Crippen molar-refractivity contribution < 1.29 is 8.42 Å². The Morgan fingerprint density at radius 3 is 1.00 bits per heavy atom. The van der Waals surface area contributed by atoms with E-state index in [2.05, 4.69) is 0 Å². The fraction of sp³-hybridized carbons (Fsp3) is 1.00. The standard InChI is InChI=1S/C6H16N2.O2S/c1-5(2,7)6(3,4)8;1-3-2/h7-8H2,1-4H3;. The van der Waals surface area contributed by atoms with Crippen LogP contribution in [0.4, 0.5) is 0 Å². The van der Waals surface area contributed by atoms with Crippen molar-refractivity contribution in [2.75, 3.05) is 0 Å². The lowest BCUT2D eigenvalue weighted by molar-refractivity contribution is 0.309. The third kappa shape index (κ3) is 7.64. The van der Waals surface area contributed by atoms with Crippen LogP contribution in [-0.4, -0.2) is 19.5 Å².